The molecule has 0 aliphatic carbocycles. The van der Waals surface area contributed by atoms with Gasteiger partial charge in [-0.05, 0) is 13.3 Å². The van der Waals surface area contributed by atoms with Gasteiger partial charge < -0.3 is 15.3 Å². The topological polar surface area (TPSA) is 69.6 Å². The van der Waals surface area contributed by atoms with Gasteiger partial charge in [-0.3, -0.25) is 4.79 Å². The third-order valence-electron chi connectivity index (χ3n) is 3.01. The van der Waals surface area contributed by atoms with E-state index in [1.54, 1.807) is 6.92 Å². The van der Waals surface area contributed by atoms with Gasteiger partial charge in [-0.1, -0.05) is 5.92 Å². The van der Waals surface area contributed by atoms with Gasteiger partial charge in [0.2, 0.25) is 0 Å². The number of alkyl halides is 3. The number of carboxylic acid groups (broad SMARTS) is 1. The van der Waals surface area contributed by atoms with Crippen molar-refractivity contribution >= 4 is 12.0 Å². The second kappa shape index (κ2) is 5.38. The Balaban J connectivity index is 2.77. The number of aliphatic carboxylic acids is 1. The Bertz CT molecular complexity index is 439. The number of likely N-dealkylation sites (tertiary alicyclic amines) is 1. The van der Waals surface area contributed by atoms with Crippen LogP contribution in [0.5, 0.6) is 0 Å². The van der Waals surface area contributed by atoms with Gasteiger partial charge in [0.25, 0.3) is 0 Å². The lowest BCUT2D eigenvalue weighted by Gasteiger charge is -2.27. The molecule has 1 aliphatic rings. The van der Waals surface area contributed by atoms with E-state index in [4.69, 9.17) is 5.11 Å². The number of halogens is 3. The van der Waals surface area contributed by atoms with Gasteiger partial charge in [-0.15, -0.1) is 5.92 Å². The molecule has 1 heterocycles. The molecule has 1 unspecified atom stereocenters. The average Bonchev–Trinajstić information content (AvgIpc) is 2.74. The van der Waals surface area contributed by atoms with Crippen molar-refractivity contribution in [3.05, 3.63) is 0 Å². The quantitative estimate of drug-likeness (QED) is 0.742. The number of amides is 2. The molecule has 1 fully saturated rings. The number of urea groups is 1. The fourth-order valence-corrected chi connectivity index (χ4v) is 1.83. The molecule has 8 heteroatoms. The zero-order valence-corrected chi connectivity index (χ0v) is 10.2. The van der Waals surface area contributed by atoms with Gasteiger partial charge in [0.1, 0.15) is 0 Å². The van der Waals surface area contributed by atoms with Gasteiger partial charge in [0.15, 0.2) is 5.41 Å². The molecule has 1 aliphatic heterocycles. The number of nitrogens with zero attached hydrogens (tertiary/aromatic N) is 1. The Kier molecular flexibility index (Phi) is 4.29. The van der Waals surface area contributed by atoms with Crippen LogP contribution in [0.2, 0.25) is 0 Å². The van der Waals surface area contributed by atoms with Crippen molar-refractivity contribution in [1.82, 2.24) is 10.2 Å². The molecule has 2 amide bonds. The van der Waals surface area contributed by atoms with Crippen molar-refractivity contribution < 1.29 is 27.9 Å². The van der Waals surface area contributed by atoms with Gasteiger partial charge >= 0.3 is 18.2 Å². The number of carbonyl (C=O) groups excluding carboxylic acids is 1. The van der Waals surface area contributed by atoms with Crippen LogP contribution < -0.4 is 5.32 Å². The molecule has 0 bridgehead atoms. The van der Waals surface area contributed by atoms with Gasteiger partial charge in [0, 0.05) is 13.1 Å². The molecule has 0 aromatic rings. The minimum Gasteiger partial charge on any atom is -0.481 e. The molecule has 1 rings (SSSR count). The Morgan fingerprint density at radius 3 is 2.53 bits per heavy atom. The fraction of sp³-hybridized carbons (Fsp3) is 0.636. The highest BCUT2D eigenvalue weighted by molar-refractivity contribution is 5.80. The van der Waals surface area contributed by atoms with E-state index in [0.29, 0.717) is 0 Å². The smallest absolute Gasteiger partial charge is 0.406 e. The maximum absolute atomic E-state index is 12.8. The first-order valence-electron chi connectivity index (χ1n) is 5.47. The summed E-state index contributed by atoms with van der Waals surface area (Å²) in [6.45, 7) is 0.438. The Morgan fingerprint density at radius 2 is 2.11 bits per heavy atom. The summed E-state index contributed by atoms with van der Waals surface area (Å²) in [6.07, 6.45) is -5.53. The monoisotopic (exact) mass is 278 g/mol. The molecule has 106 valence electrons. The van der Waals surface area contributed by atoms with Crippen LogP contribution >= 0.6 is 0 Å². The first-order chi connectivity index (χ1) is 8.74. The molecule has 19 heavy (non-hydrogen) atoms. The first-order valence-corrected chi connectivity index (χ1v) is 5.47. The zero-order valence-electron chi connectivity index (χ0n) is 10.2. The van der Waals surface area contributed by atoms with E-state index in [9.17, 15) is 22.8 Å². The molecule has 0 saturated carbocycles. The van der Waals surface area contributed by atoms with Crippen molar-refractivity contribution in [3.63, 3.8) is 0 Å². The first kappa shape index (κ1) is 15.1. The molecule has 0 radical (unpaired) electrons. The predicted octanol–water partition coefficient (Wildman–Crippen LogP) is 1.06. The molecule has 0 aromatic carbocycles. The number of rotatable bonds is 2. The molecular weight excluding hydrogens is 265 g/mol. The second-order valence-corrected chi connectivity index (χ2v) is 4.14. The fourth-order valence-electron chi connectivity index (χ4n) is 1.83. The summed E-state index contributed by atoms with van der Waals surface area (Å²) in [6, 6.07) is -0.741. The van der Waals surface area contributed by atoms with Crippen LogP contribution in [-0.2, 0) is 4.79 Å². The van der Waals surface area contributed by atoms with E-state index in [1.807, 2.05) is 0 Å². The van der Waals surface area contributed by atoms with Gasteiger partial charge in [-0.2, -0.15) is 13.2 Å². The van der Waals surface area contributed by atoms with Crippen LogP contribution in [0, 0.1) is 17.3 Å². The Morgan fingerprint density at radius 1 is 1.47 bits per heavy atom. The molecular formula is C11H13F3N2O3. The highest BCUT2D eigenvalue weighted by Crippen LogP contribution is 2.45. The average molecular weight is 278 g/mol. The minimum atomic E-state index is -4.89. The maximum atomic E-state index is 12.8. The lowest BCUT2D eigenvalue weighted by molar-refractivity contribution is -0.226. The third-order valence-corrected chi connectivity index (χ3v) is 3.01. The van der Waals surface area contributed by atoms with Crippen molar-refractivity contribution in [1.29, 1.82) is 0 Å². The van der Waals surface area contributed by atoms with Gasteiger partial charge in [0.05, 0.1) is 6.54 Å². The summed E-state index contributed by atoms with van der Waals surface area (Å²) in [5.41, 5.74) is -2.87. The van der Waals surface area contributed by atoms with Crippen molar-refractivity contribution in [2.24, 2.45) is 5.41 Å². The molecule has 1 saturated heterocycles. The maximum Gasteiger partial charge on any atom is 0.406 e. The largest absolute Gasteiger partial charge is 0.481 e. The summed E-state index contributed by atoms with van der Waals surface area (Å²) < 4.78 is 38.5. The van der Waals surface area contributed by atoms with Crippen molar-refractivity contribution in [2.45, 2.75) is 19.5 Å². The van der Waals surface area contributed by atoms with Crippen molar-refractivity contribution in [3.8, 4) is 11.8 Å². The molecule has 1 atom stereocenters. The Labute approximate surface area is 107 Å². The molecule has 0 spiro atoms. The molecule has 0 aromatic heterocycles. The lowest BCUT2D eigenvalue weighted by atomic mass is 9.86. The predicted molar refractivity (Wildman–Crippen MR) is 59.2 cm³/mol. The third kappa shape index (κ3) is 2.92. The highest BCUT2D eigenvalue weighted by Gasteiger charge is 2.64. The normalized spacial score (nSPS) is 22.6. The van der Waals surface area contributed by atoms with Crippen molar-refractivity contribution in [2.75, 3.05) is 19.6 Å². The van der Waals surface area contributed by atoms with Crippen LogP contribution in [-0.4, -0.2) is 47.8 Å². The number of hydrogen-bond donors (Lipinski definition) is 2. The SMILES string of the molecule is CC#CCNC(=O)N1CCC(C(=O)O)(C(F)(F)F)C1. The number of carboxylic acids is 1. The number of nitrogens with one attached hydrogen (secondary N) is 1. The Hall–Kier alpha value is -1.91. The van der Waals surface area contributed by atoms with E-state index < -0.39 is 36.6 Å². The lowest BCUT2D eigenvalue weighted by Crippen LogP contribution is -2.49. The number of carbonyl (C=O) groups is 2. The summed E-state index contributed by atoms with van der Waals surface area (Å²) in [7, 11) is 0. The van der Waals surface area contributed by atoms with Gasteiger partial charge in [-0.25, -0.2) is 4.79 Å². The van der Waals surface area contributed by atoms with E-state index >= 15 is 0 Å². The summed E-state index contributed by atoms with van der Waals surface area (Å²) in [5.74, 6) is 3.09. The van der Waals surface area contributed by atoms with Crippen LogP contribution in [0.15, 0.2) is 0 Å². The standard InChI is InChI=1S/C11H13F3N2O3/c1-2-3-5-15-9(19)16-6-4-10(7-16,8(17)18)11(12,13)14/h4-7H2,1H3,(H,15,19)(H,17,18). The summed E-state index contributed by atoms with van der Waals surface area (Å²) in [5, 5.41) is 11.1. The van der Waals surface area contributed by atoms with Crippen LogP contribution in [0.25, 0.3) is 0 Å². The minimum absolute atomic E-state index is 0.0118. The summed E-state index contributed by atoms with van der Waals surface area (Å²) >= 11 is 0. The zero-order chi connectivity index (χ0) is 14.7. The highest BCUT2D eigenvalue weighted by atomic mass is 19.4. The second-order valence-electron chi connectivity index (χ2n) is 4.14. The summed E-state index contributed by atoms with van der Waals surface area (Å²) in [4.78, 5) is 23.3. The van der Waals surface area contributed by atoms with E-state index in [2.05, 4.69) is 17.2 Å². The van der Waals surface area contributed by atoms with Crippen LogP contribution in [0.1, 0.15) is 13.3 Å². The van der Waals surface area contributed by atoms with Crippen LogP contribution in [0.4, 0.5) is 18.0 Å². The van der Waals surface area contributed by atoms with E-state index in [-0.39, 0.29) is 13.1 Å². The van der Waals surface area contributed by atoms with E-state index in [1.165, 1.54) is 0 Å². The van der Waals surface area contributed by atoms with Crippen LogP contribution in [0.3, 0.4) is 0 Å². The number of hydrogen-bond acceptors (Lipinski definition) is 2. The molecule has 2 N–H and O–H groups in total. The molecule has 5 nitrogen and oxygen atoms in total. The van der Waals surface area contributed by atoms with E-state index in [0.717, 1.165) is 4.90 Å².